The molecule has 7 heteroatoms. The molecule has 0 aliphatic heterocycles. The van der Waals surface area contributed by atoms with Gasteiger partial charge in [0.15, 0.2) is 5.11 Å². The maximum atomic E-state index is 13.1. The van der Waals surface area contributed by atoms with Gasteiger partial charge in [0.2, 0.25) is 0 Å². The predicted octanol–water partition coefficient (Wildman–Crippen LogP) is 6.23. The van der Waals surface area contributed by atoms with E-state index >= 15 is 0 Å². The van der Waals surface area contributed by atoms with E-state index in [2.05, 4.69) is 10.6 Å². The molecular formula is C22H18Cl2N2OS2. The second-order valence-corrected chi connectivity index (χ2v) is 8.74. The fourth-order valence-electron chi connectivity index (χ4n) is 2.57. The van der Waals surface area contributed by atoms with E-state index < -0.39 is 10.8 Å². The highest BCUT2D eigenvalue weighted by molar-refractivity contribution is 7.93. The first-order valence-corrected chi connectivity index (χ1v) is 11.2. The number of hydrogen-bond acceptors (Lipinski definition) is 2. The number of anilines is 1. The van der Waals surface area contributed by atoms with Gasteiger partial charge < -0.3 is 10.6 Å². The number of hydrogen-bond donors (Lipinski definition) is 2. The summed E-state index contributed by atoms with van der Waals surface area (Å²) in [6.45, 7) is 0. The molecule has 0 aromatic heterocycles. The van der Waals surface area contributed by atoms with Gasteiger partial charge in [0.25, 0.3) is 0 Å². The second-order valence-electron chi connectivity index (χ2n) is 6.07. The molecule has 148 valence electrons. The topological polar surface area (TPSA) is 41.1 Å². The molecule has 0 saturated heterocycles. The third-order valence-electron chi connectivity index (χ3n) is 3.96. The van der Waals surface area contributed by atoms with E-state index in [1.165, 1.54) is 0 Å². The van der Waals surface area contributed by atoms with Crippen molar-refractivity contribution in [2.75, 3.05) is 5.32 Å². The number of benzene rings is 3. The van der Waals surface area contributed by atoms with Crippen LogP contribution in [-0.2, 0) is 16.6 Å². The highest BCUT2D eigenvalue weighted by atomic mass is 35.5. The van der Waals surface area contributed by atoms with E-state index in [1.807, 2.05) is 60.7 Å². The van der Waals surface area contributed by atoms with Crippen LogP contribution in [0.25, 0.3) is 4.91 Å². The Bertz CT molecular complexity index is 1040. The van der Waals surface area contributed by atoms with Crippen LogP contribution in [0.15, 0.2) is 85.1 Å². The van der Waals surface area contributed by atoms with Crippen LogP contribution in [-0.4, -0.2) is 9.32 Å². The van der Waals surface area contributed by atoms with E-state index in [0.717, 1.165) is 11.1 Å². The molecule has 0 amide bonds. The minimum atomic E-state index is -1.27. The van der Waals surface area contributed by atoms with Crippen molar-refractivity contribution in [3.05, 3.63) is 106 Å². The molecule has 0 aliphatic rings. The predicted molar refractivity (Wildman–Crippen MR) is 129 cm³/mol. The number of nitrogens with one attached hydrogen (secondary N) is 2. The summed E-state index contributed by atoms with van der Waals surface area (Å²) >= 11 is 17.5. The van der Waals surface area contributed by atoms with Gasteiger partial charge in [-0.15, -0.1) is 0 Å². The Morgan fingerprint density at radius 2 is 1.62 bits per heavy atom. The first-order valence-electron chi connectivity index (χ1n) is 8.73. The van der Waals surface area contributed by atoms with E-state index in [-0.39, 0.29) is 0 Å². The van der Waals surface area contributed by atoms with Gasteiger partial charge in [-0.3, -0.25) is 4.21 Å². The van der Waals surface area contributed by atoms with Crippen LogP contribution in [0, 0.1) is 0 Å². The zero-order valence-electron chi connectivity index (χ0n) is 15.3. The zero-order chi connectivity index (χ0) is 20.6. The fourth-order valence-corrected chi connectivity index (χ4v) is 4.31. The lowest BCUT2D eigenvalue weighted by Gasteiger charge is -2.12. The van der Waals surface area contributed by atoms with Crippen molar-refractivity contribution in [3.8, 4) is 0 Å². The molecule has 0 unspecified atom stereocenters. The lowest BCUT2D eigenvalue weighted by molar-refractivity contribution is 0.688. The van der Waals surface area contributed by atoms with Crippen LogP contribution in [0.5, 0.6) is 0 Å². The summed E-state index contributed by atoms with van der Waals surface area (Å²) in [7, 11) is -1.27. The molecule has 0 heterocycles. The smallest absolute Gasteiger partial charge is 0.174 e. The first-order chi connectivity index (χ1) is 14.0. The molecule has 3 aromatic carbocycles. The Kier molecular flexibility index (Phi) is 7.83. The van der Waals surface area contributed by atoms with Gasteiger partial charge >= 0.3 is 0 Å². The summed E-state index contributed by atoms with van der Waals surface area (Å²) in [6, 6.07) is 24.4. The van der Waals surface area contributed by atoms with Crippen LogP contribution in [0.2, 0.25) is 10.0 Å². The van der Waals surface area contributed by atoms with Crippen LogP contribution in [0.3, 0.4) is 0 Å². The summed E-state index contributed by atoms with van der Waals surface area (Å²) in [6.07, 6.45) is 1.67. The molecule has 0 spiro atoms. The van der Waals surface area contributed by atoms with Gasteiger partial charge in [-0.05, 0) is 41.5 Å². The monoisotopic (exact) mass is 460 g/mol. The SMILES string of the molecule is O=[S@](Cc1ccccc1)/C(=C\NC(=S)Nc1cc(Cl)ccc1Cl)c1ccccc1. The summed E-state index contributed by atoms with van der Waals surface area (Å²) < 4.78 is 13.1. The maximum absolute atomic E-state index is 13.1. The molecule has 0 saturated carbocycles. The summed E-state index contributed by atoms with van der Waals surface area (Å²) in [5.41, 5.74) is 2.45. The average Bonchev–Trinajstić information content (AvgIpc) is 2.72. The summed E-state index contributed by atoms with van der Waals surface area (Å²) in [5, 5.41) is 7.38. The van der Waals surface area contributed by atoms with Gasteiger partial charge in [-0.1, -0.05) is 83.9 Å². The molecule has 0 fully saturated rings. The normalized spacial score (nSPS) is 12.3. The Labute approximate surface area is 188 Å². The minimum Gasteiger partial charge on any atom is -0.338 e. The molecule has 0 bridgehead atoms. The fraction of sp³-hybridized carbons (Fsp3) is 0.0455. The average molecular weight is 461 g/mol. The molecule has 29 heavy (non-hydrogen) atoms. The van der Waals surface area contributed by atoms with Crippen LogP contribution in [0.4, 0.5) is 5.69 Å². The Hall–Kier alpha value is -2.18. The lowest BCUT2D eigenvalue weighted by Crippen LogP contribution is -2.24. The number of rotatable bonds is 6. The molecule has 0 aliphatic carbocycles. The third kappa shape index (κ3) is 6.41. The van der Waals surface area contributed by atoms with E-state index in [1.54, 1.807) is 24.4 Å². The van der Waals surface area contributed by atoms with Crippen molar-refractivity contribution < 1.29 is 4.21 Å². The third-order valence-corrected chi connectivity index (χ3v) is 6.18. The zero-order valence-corrected chi connectivity index (χ0v) is 18.4. The molecule has 3 aromatic rings. The minimum absolute atomic E-state index is 0.319. The van der Waals surface area contributed by atoms with Crippen molar-refractivity contribution in [2.45, 2.75) is 5.75 Å². The quantitative estimate of drug-likeness (QED) is 0.427. The van der Waals surface area contributed by atoms with Crippen molar-refractivity contribution >= 4 is 61.9 Å². The highest BCUT2D eigenvalue weighted by Gasteiger charge is 2.12. The standard InChI is InChI=1S/C22H18Cl2N2OS2/c23-18-11-12-19(24)20(13-18)26-22(28)25-14-21(17-9-5-2-6-10-17)29(27)15-16-7-3-1-4-8-16/h1-14H,15H2,(H2,25,26,28)/b21-14-/t29-/m1/s1. The van der Waals surface area contributed by atoms with Crippen LogP contribution in [0.1, 0.15) is 11.1 Å². The largest absolute Gasteiger partial charge is 0.338 e. The molecule has 1 atom stereocenters. The van der Waals surface area contributed by atoms with Crippen molar-refractivity contribution in [1.29, 1.82) is 0 Å². The van der Waals surface area contributed by atoms with Gasteiger partial charge in [-0.2, -0.15) is 0 Å². The van der Waals surface area contributed by atoms with E-state index in [4.69, 9.17) is 35.4 Å². The second kappa shape index (κ2) is 10.6. The number of halogens is 2. The Morgan fingerprint density at radius 3 is 2.31 bits per heavy atom. The van der Waals surface area contributed by atoms with Crippen molar-refractivity contribution in [1.82, 2.24) is 5.32 Å². The van der Waals surface area contributed by atoms with Crippen molar-refractivity contribution in [3.63, 3.8) is 0 Å². The Balaban J connectivity index is 1.78. The van der Waals surface area contributed by atoms with Gasteiger partial charge in [-0.25, -0.2) is 0 Å². The molecule has 2 N–H and O–H groups in total. The van der Waals surface area contributed by atoms with Crippen molar-refractivity contribution in [2.24, 2.45) is 0 Å². The number of thiocarbonyl (C=S) groups is 1. The van der Waals surface area contributed by atoms with E-state index in [9.17, 15) is 4.21 Å². The lowest BCUT2D eigenvalue weighted by atomic mass is 10.2. The van der Waals surface area contributed by atoms with Gasteiger partial charge in [0, 0.05) is 11.2 Å². The summed E-state index contributed by atoms with van der Waals surface area (Å²) in [4.78, 5) is 0.649. The molecule has 0 radical (unpaired) electrons. The van der Waals surface area contributed by atoms with Gasteiger partial charge in [0.1, 0.15) is 0 Å². The van der Waals surface area contributed by atoms with Crippen LogP contribution >= 0.6 is 35.4 Å². The maximum Gasteiger partial charge on any atom is 0.174 e. The van der Waals surface area contributed by atoms with Crippen LogP contribution < -0.4 is 10.6 Å². The molecule has 3 rings (SSSR count). The van der Waals surface area contributed by atoms with Gasteiger partial charge in [0.05, 0.1) is 32.2 Å². The van der Waals surface area contributed by atoms with E-state index in [0.29, 0.717) is 31.5 Å². The summed E-state index contributed by atoms with van der Waals surface area (Å²) in [5.74, 6) is 0.406. The molecule has 3 nitrogen and oxygen atoms in total. The Morgan fingerprint density at radius 1 is 0.966 bits per heavy atom. The molecular weight excluding hydrogens is 443 g/mol. The first kappa shape index (κ1) is 21.5. The highest BCUT2D eigenvalue weighted by Crippen LogP contribution is 2.25.